The minimum Gasteiger partial charge on any atom is -0.143 e. The molecule has 0 amide bonds. The number of benzene rings is 1. The molecule has 0 saturated carbocycles. The summed E-state index contributed by atoms with van der Waals surface area (Å²) in [7, 11) is 0. The molecule has 0 aliphatic carbocycles. The van der Waals surface area contributed by atoms with Crippen molar-refractivity contribution in [1.82, 2.24) is 0 Å². The summed E-state index contributed by atoms with van der Waals surface area (Å²) in [5.41, 5.74) is 1.33. The molecule has 1 aromatic heterocycles. The Bertz CT molecular complexity index is 522. The molecule has 0 spiro atoms. The van der Waals surface area contributed by atoms with Gasteiger partial charge in [-0.25, -0.2) is 0 Å². The van der Waals surface area contributed by atoms with E-state index in [4.69, 9.17) is 11.6 Å². The van der Waals surface area contributed by atoms with Gasteiger partial charge < -0.3 is 0 Å². The van der Waals surface area contributed by atoms with Crippen molar-refractivity contribution in [3.8, 4) is 0 Å². The normalized spacial score (nSPS) is 13.6. The summed E-state index contributed by atoms with van der Waals surface area (Å²) in [4.78, 5) is 2.59. The summed E-state index contributed by atoms with van der Waals surface area (Å²) < 4.78 is 1.08. The van der Waals surface area contributed by atoms with E-state index < -0.39 is 0 Å². The minimum absolute atomic E-state index is 0.0563. The molecule has 96 valence electrons. The summed E-state index contributed by atoms with van der Waals surface area (Å²) in [5.74, 6) is 0. The molecule has 0 aliphatic heterocycles. The van der Waals surface area contributed by atoms with Gasteiger partial charge in [0.25, 0.3) is 0 Å². The lowest BCUT2D eigenvalue weighted by atomic mass is 9.95. The van der Waals surface area contributed by atoms with E-state index in [0.29, 0.717) is 0 Å². The number of thiophene rings is 1. The van der Waals surface area contributed by atoms with Crippen LogP contribution in [0.15, 0.2) is 40.9 Å². The first kappa shape index (κ1) is 14.1. The van der Waals surface area contributed by atoms with Crippen LogP contribution in [0.4, 0.5) is 0 Å². The quantitative estimate of drug-likeness (QED) is 0.575. The van der Waals surface area contributed by atoms with E-state index in [2.05, 4.69) is 61.0 Å². The van der Waals surface area contributed by atoms with E-state index in [1.54, 1.807) is 11.3 Å². The standard InChI is InChI=1S/C15H16BrClS/c1-15(2,3)13-9-8-12(18-13)14(17)10-4-6-11(16)7-5-10/h4-9,14H,1-3H3. The molecule has 2 aromatic rings. The maximum absolute atomic E-state index is 6.54. The van der Waals surface area contributed by atoms with Gasteiger partial charge in [0.05, 0.1) is 5.38 Å². The van der Waals surface area contributed by atoms with Gasteiger partial charge in [-0.2, -0.15) is 0 Å². The summed E-state index contributed by atoms with van der Waals surface area (Å²) in [6.45, 7) is 6.68. The summed E-state index contributed by atoms with van der Waals surface area (Å²) in [6, 6.07) is 12.5. The van der Waals surface area contributed by atoms with Crippen LogP contribution in [-0.4, -0.2) is 0 Å². The fraction of sp³-hybridized carbons (Fsp3) is 0.333. The first-order valence-corrected chi connectivity index (χ1v) is 7.92. The highest BCUT2D eigenvalue weighted by molar-refractivity contribution is 9.10. The fourth-order valence-corrected chi connectivity index (χ4v) is 3.38. The van der Waals surface area contributed by atoms with Gasteiger partial charge in [-0.1, -0.05) is 48.8 Å². The summed E-state index contributed by atoms with van der Waals surface area (Å²) in [5, 5.41) is -0.0563. The molecule has 0 aliphatic rings. The van der Waals surface area contributed by atoms with Crippen molar-refractivity contribution < 1.29 is 0 Å². The van der Waals surface area contributed by atoms with E-state index in [0.717, 1.165) is 10.0 Å². The number of hydrogen-bond donors (Lipinski definition) is 0. The van der Waals surface area contributed by atoms with E-state index in [1.165, 1.54) is 9.75 Å². The predicted octanol–water partition coefficient (Wildman–Crippen LogP) is 6.14. The topological polar surface area (TPSA) is 0 Å². The van der Waals surface area contributed by atoms with Gasteiger partial charge in [-0.05, 0) is 35.2 Å². The number of rotatable bonds is 2. The molecular formula is C15H16BrClS. The number of alkyl halides is 1. The Morgan fingerprint density at radius 3 is 2.17 bits per heavy atom. The van der Waals surface area contributed by atoms with Crippen molar-refractivity contribution in [2.45, 2.75) is 31.6 Å². The SMILES string of the molecule is CC(C)(C)c1ccc(C(Cl)c2ccc(Br)cc2)s1. The van der Waals surface area contributed by atoms with Gasteiger partial charge in [-0.3, -0.25) is 0 Å². The third-order valence-electron chi connectivity index (χ3n) is 2.78. The molecule has 0 bridgehead atoms. The van der Waals surface area contributed by atoms with Gasteiger partial charge in [0.15, 0.2) is 0 Å². The second-order valence-electron chi connectivity index (χ2n) is 5.37. The van der Waals surface area contributed by atoms with Crippen LogP contribution in [0.25, 0.3) is 0 Å². The second-order valence-corrected chi connectivity index (χ2v) is 7.83. The van der Waals surface area contributed by atoms with Crippen LogP contribution in [-0.2, 0) is 5.41 Å². The largest absolute Gasteiger partial charge is 0.143 e. The van der Waals surface area contributed by atoms with Crippen LogP contribution in [0.2, 0.25) is 0 Å². The zero-order valence-electron chi connectivity index (χ0n) is 10.7. The van der Waals surface area contributed by atoms with Gasteiger partial charge >= 0.3 is 0 Å². The van der Waals surface area contributed by atoms with E-state index in [9.17, 15) is 0 Å². The molecule has 1 atom stereocenters. The van der Waals surface area contributed by atoms with Crippen molar-refractivity contribution in [3.63, 3.8) is 0 Å². The summed E-state index contributed by atoms with van der Waals surface area (Å²) in [6.07, 6.45) is 0. The first-order chi connectivity index (χ1) is 8.38. The lowest BCUT2D eigenvalue weighted by Crippen LogP contribution is -2.07. The zero-order chi connectivity index (χ0) is 13.3. The van der Waals surface area contributed by atoms with Gasteiger partial charge in [0, 0.05) is 14.2 Å². The lowest BCUT2D eigenvalue weighted by molar-refractivity contribution is 0.604. The van der Waals surface area contributed by atoms with E-state index in [-0.39, 0.29) is 10.8 Å². The molecule has 0 nitrogen and oxygen atoms in total. The Labute approximate surface area is 126 Å². The van der Waals surface area contributed by atoms with Gasteiger partial charge in [-0.15, -0.1) is 22.9 Å². The molecule has 1 heterocycles. The Morgan fingerprint density at radius 1 is 1.06 bits per heavy atom. The molecule has 0 saturated heterocycles. The highest BCUT2D eigenvalue weighted by Crippen LogP contribution is 2.37. The van der Waals surface area contributed by atoms with Crippen molar-refractivity contribution in [2.24, 2.45) is 0 Å². The Kier molecular flexibility index (Phi) is 4.20. The van der Waals surface area contributed by atoms with E-state index >= 15 is 0 Å². The Hall–Kier alpha value is -0.310. The third-order valence-corrected chi connectivity index (χ3v) is 5.50. The van der Waals surface area contributed by atoms with Crippen LogP contribution in [0.1, 0.15) is 41.5 Å². The highest BCUT2D eigenvalue weighted by Gasteiger charge is 2.19. The highest BCUT2D eigenvalue weighted by atomic mass is 79.9. The Morgan fingerprint density at radius 2 is 1.67 bits per heavy atom. The van der Waals surface area contributed by atoms with Crippen molar-refractivity contribution in [1.29, 1.82) is 0 Å². The number of halogens is 2. The third kappa shape index (κ3) is 3.17. The van der Waals surface area contributed by atoms with E-state index in [1.807, 2.05) is 12.1 Å². The second kappa shape index (κ2) is 5.36. The Balaban J connectivity index is 2.26. The maximum Gasteiger partial charge on any atom is 0.0927 e. The molecule has 0 fully saturated rings. The van der Waals surface area contributed by atoms with Crippen molar-refractivity contribution in [2.75, 3.05) is 0 Å². The van der Waals surface area contributed by atoms with Crippen LogP contribution in [0.5, 0.6) is 0 Å². The molecule has 1 unspecified atom stereocenters. The smallest absolute Gasteiger partial charge is 0.0927 e. The first-order valence-electron chi connectivity index (χ1n) is 5.87. The average molecular weight is 344 g/mol. The average Bonchev–Trinajstić information content (AvgIpc) is 2.78. The molecule has 0 N–H and O–H groups in total. The minimum atomic E-state index is -0.0563. The number of hydrogen-bond acceptors (Lipinski definition) is 1. The van der Waals surface area contributed by atoms with Crippen LogP contribution in [0.3, 0.4) is 0 Å². The molecule has 1 aromatic carbocycles. The molecule has 18 heavy (non-hydrogen) atoms. The molecule has 0 radical (unpaired) electrons. The monoisotopic (exact) mass is 342 g/mol. The molecule has 2 rings (SSSR count). The van der Waals surface area contributed by atoms with Gasteiger partial charge in [0.1, 0.15) is 0 Å². The van der Waals surface area contributed by atoms with Crippen molar-refractivity contribution >= 4 is 38.9 Å². The predicted molar refractivity (Wildman–Crippen MR) is 84.9 cm³/mol. The molecule has 3 heteroatoms. The van der Waals surface area contributed by atoms with Crippen LogP contribution < -0.4 is 0 Å². The zero-order valence-corrected chi connectivity index (χ0v) is 13.9. The van der Waals surface area contributed by atoms with Crippen LogP contribution in [0, 0.1) is 0 Å². The van der Waals surface area contributed by atoms with Gasteiger partial charge in [0.2, 0.25) is 0 Å². The van der Waals surface area contributed by atoms with Crippen molar-refractivity contribution in [3.05, 3.63) is 56.2 Å². The lowest BCUT2D eigenvalue weighted by Gasteiger charge is -2.15. The molecular weight excluding hydrogens is 328 g/mol. The maximum atomic E-state index is 6.54. The summed E-state index contributed by atoms with van der Waals surface area (Å²) >= 11 is 11.8. The fourth-order valence-electron chi connectivity index (χ4n) is 1.69. The van der Waals surface area contributed by atoms with Crippen LogP contribution >= 0.6 is 38.9 Å².